The number of aromatic nitrogens is 3. The zero-order valence-electron chi connectivity index (χ0n) is 26.0. The highest BCUT2D eigenvalue weighted by Crippen LogP contribution is 2.38. The summed E-state index contributed by atoms with van der Waals surface area (Å²) in [5.41, 5.74) is 10.9. The molecule has 6 rings (SSSR count). The third kappa shape index (κ3) is 7.08. The first kappa shape index (κ1) is 32.5. The van der Waals surface area contributed by atoms with E-state index in [1.54, 1.807) is 22.3 Å². The quantitative estimate of drug-likeness (QED) is 0.387. The number of aryl methyl sites for hydroxylation is 3. The molecule has 1 aliphatic carbocycles. The largest absolute Gasteiger partial charge is 0.354 e. The number of fused-ring (bicyclic) bond motifs is 2. The second-order valence-electron chi connectivity index (χ2n) is 12.6. The van der Waals surface area contributed by atoms with E-state index < -0.39 is 12.1 Å². The van der Waals surface area contributed by atoms with Gasteiger partial charge < -0.3 is 25.4 Å². The number of primary amides is 1. The van der Waals surface area contributed by atoms with Gasteiger partial charge in [0.1, 0.15) is 6.04 Å². The predicted octanol–water partition coefficient (Wildman–Crippen LogP) is 3.47. The van der Waals surface area contributed by atoms with Gasteiger partial charge in [0.25, 0.3) is 0 Å². The standard InChI is InChI=1S/C33H40BrClN8O3/c1-40-20-37-18-26(40)6-9-38-32(45)28-19-42(12-13-43(28)29(44)14-21-7-10-41(11-8-21)33(36)46)31-27-5-4-25(35)16-22(27)2-3-23-15-24(34)17-39-30(23)31/h4-5,15-18,20-21,28,31H,2-3,6-14,19H2,1H3,(H2,36,46)(H,38,45)/t28-,31?/m1/s1. The molecule has 2 atom stereocenters. The van der Waals surface area contributed by atoms with Crippen molar-refractivity contribution in [3.05, 3.63) is 80.6 Å². The van der Waals surface area contributed by atoms with Gasteiger partial charge >= 0.3 is 6.03 Å². The van der Waals surface area contributed by atoms with E-state index in [1.807, 2.05) is 29.9 Å². The molecule has 244 valence electrons. The average molecular weight is 712 g/mol. The number of likely N-dealkylation sites (tertiary alicyclic amines) is 1. The van der Waals surface area contributed by atoms with E-state index in [0.717, 1.165) is 52.7 Å². The molecule has 2 fully saturated rings. The second kappa shape index (κ2) is 14.1. The first-order valence-electron chi connectivity index (χ1n) is 15.9. The van der Waals surface area contributed by atoms with Crippen LogP contribution in [0.15, 0.2) is 47.5 Å². The molecule has 11 nitrogen and oxygen atoms in total. The van der Waals surface area contributed by atoms with Crippen molar-refractivity contribution in [2.45, 2.75) is 50.6 Å². The Morgan fingerprint density at radius 2 is 1.85 bits per heavy atom. The first-order valence-corrected chi connectivity index (χ1v) is 17.1. The number of piperazine rings is 1. The van der Waals surface area contributed by atoms with E-state index >= 15 is 0 Å². The predicted molar refractivity (Wildman–Crippen MR) is 178 cm³/mol. The lowest BCUT2D eigenvalue weighted by Crippen LogP contribution is -2.61. The van der Waals surface area contributed by atoms with Crippen molar-refractivity contribution < 1.29 is 14.4 Å². The molecule has 2 aliphatic heterocycles. The third-order valence-corrected chi connectivity index (χ3v) is 10.3. The number of nitrogens with two attached hydrogens (primary N) is 1. The van der Waals surface area contributed by atoms with Crippen LogP contribution in [-0.2, 0) is 35.9 Å². The van der Waals surface area contributed by atoms with Gasteiger partial charge in [-0.3, -0.25) is 19.5 Å². The van der Waals surface area contributed by atoms with Crippen molar-refractivity contribution in [1.29, 1.82) is 0 Å². The zero-order valence-corrected chi connectivity index (χ0v) is 28.3. The van der Waals surface area contributed by atoms with Gasteiger partial charge in [0.15, 0.2) is 0 Å². The number of pyridine rings is 1. The van der Waals surface area contributed by atoms with Crippen LogP contribution in [0.4, 0.5) is 4.79 Å². The van der Waals surface area contributed by atoms with Gasteiger partial charge in [-0.15, -0.1) is 0 Å². The number of imidazole rings is 1. The lowest BCUT2D eigenvalue weighted by atomic mass is 9.92. The van der Waals surface area contributed by atoms with E-state index in [9.17, 15) is 14.4 Å². The molecule has 0 saturated carbocycles. The van der Waals surface area contributed by atoms with E-state index in [-0.39, 0.29) is 23.8 Å². The second-order valence-corrected chi connectivity index (χ2v) is 13.9. The van der Waals surface area contributed by atoms with Crippen LogP contribution in [0.3, 0.4) is 0 Å². The Hall–Kier alpha value is -3.48. The van der Waals surface area contributed by atoms with E-state index in [2.05, 4.69) is 43.3 Å². The van der Waals surface area contributed by atoms with Crippen molar-refractivity contribution in [1.82, 2.24) is 34.6 Å². The summed E-state index contributed by atoms with van der Waals surface area (Å²) in [6.07, 6.45) is 9.45. The molecule has 3 N–H and O–H groups in total. The SMILES string of the molecule is Cn1cncc1CCNC(=O)[C@H]1CN(C2c3ccc(Cl)cc3CCc3cc(Br)cnc32)CCN1C(=O)CC1CCN(C(N)=O)CC1. The van der Waals surface area contributed by atoms with Gasteiger partial charge in [0, 0.05) is 86.7 Å². The Kier molecular flexibility index (Phi) is 9.95. The van der Waals surface area contributed by atoms with Crippen LogP contribution in [0.2, 0.25) is 5.02 Å². The molecule has 0 spiro atoms. The number of rotatable bonds is 7. The monoisotopic (exact) mass is 710 g/mol. The van der Waals surface area contributed by atoms with E-state index in [4.69, 9.17) is 22.3 Å². The van der Waals surface area contributed by atoms with Crippen molar-refractivity contribution in [2.24, 2.45) is 18.7 Å². The molecule has 2 aromatic heterocycles. The summed E-state index contributed by atoms with van der Waals surface area (Å²) in [4.78, 5) is 54.2. The molecule has 4 heterocycles. The number of piperidine rings is 1. The fourth-order valence-electron chi connectivity index (χ4n) is 7.12. The molecule has 46 heavy (non-hydrogen) atoms. The highest BCUT2D eigenvalue weighted by Gasteiger charge is 2.41. The number of carbonyl (C=O) groups is 3. The van der Waals surface area contributed by atoms with Crippen molar-refractivity contribution in [3.8, 4) is 0 Å². The maximum absolute atomic E-state index is 14.0. The minimum Gasteiger partial charge on any atom is -0.354 e. The Bertz CT molecular complexity index is 1550. The minimum absolute atomic E-state index is 0.0283. The van der Waals surface area contributed by atoms with Crippen molar-refractivity contribution in [3.63, 3.8) is 0 Å². The number of benzene rings is 1. The number of halogens is 2. The van der Waals surface area contributed by atoms with Crippen LogP contribution >= 0.6 is 27.5 Å². The summed E-state index contributed by atoms with van der Waals surface area (Å²) >= 11 is 10.1. The summed E-state index contributed by atoms with van der Waals surface area (Å²) in [6, 6.07) is 6.90. The highest BCUT2D eigenvalue weighted by molar-refractivity contribution is 9.10. The Morgan fingerprint density at radius 1 is 1.07 bits per heavy atom. The number of hydrogen-bond donors (Lipinski definition) is 2. The van der Waals surface area contributed by atoms with E-state index in [0.29, 0.717) is 57.1 Å². The summed E-state index contributed by atoms with van der Waals surface area (Å²) in [5, 5.41) is 3.81. The summed E-state index contributed by atoms with van der Waals surface area (Å²) in [5.74, 6) is -0.0557. The van der Waals surface area contributed by atoms with E-state index in [1.165, 1.54) is 5.56 Å². The molecule has 3 aromatic rings. The summed E-state index contributed by atoms with van der Waals surface area (Å²) < 4.78 is 2.86. The molecule has 1 aromatic carbocycles. The number of urea groups is 1. The molecular formula is C33H40BrClN8O3. The maximum atomic E-state index is 14.0. The van der Waals surface area contributed by atoms with Gasteiger partial charge in [-0.1, -0.05) is 17.7 Å². The number of carbonyl (C=O) groups excluding carboxylic acids is 3. The summed E-state index contributed by atoms with van der Waals surface area (Å²) in [6.45, 7) is 2.91. The molecule has 4 amide bonds. The highest BCUT2D eigenvalue weighted by atomic mass is 79.9. The topological polar surface area (TPSA) is 130 Å². The molecule has 3 aliphatic rings. The average Bonchev–Trinajstić information content (AvgIpc) is 3.38. The van der Waals surface area contributed by atoms with Gasteiger partial charge in [-0.25, -0.2) is 9.78 Å². The van der Waals surface area contributed by atoms with Crippen molar-refractivity contribution >= 4 is 45.4 Å². The molecule has 2 saturated heterocycles. The number of hydrogen-bond acceptors (Lipinski definition) is 6. The Labute approximate surface area is 282 Å². The molecule has 0 radical (unpaired) electrons. The molecular weight excluding hydrogens is 672 g/mol. The molecule has 1 unspecified atom stereocenters. The van der Waals surface area contributed by atoms with Gasteiger partial charge in [-0.05, 0) is 82.4 Å². The van der Waals surface area contributed by atoms with Crippen LogP contribution in [0.1, 0.15) is 53.4 Å². The van der Waals surface area contributed by atoms with Crippen molar-refractivity contribution in [2.75, 3.05) is 39.3 Å². The molecule has 13 heteroatoms. The van der Waals surface area contributed by atoms with Gasteiger partial charge in [-0.2, -0.15) is 0 Å². The zero-order chi connectivity index (χ0) is 32.4. The van der Waals surface area contributed by atoms with Gasteiger partial charge in [0.05, 0.1) is 18.1 Å². The first-order chi connectivity index (χ1) is 22.2. The number of nitrogens with zero attached hydrogens (tertiary/aromatic N) is 6. The Morgan fingerprint density at radius 3 is 2.59 bits per heavy atom. The van der Waals surface area contributed by atoms with Crippen LogP contribution < -0.4 is 11.1 Å². The normalized spacial score (nSPS) is 20.5. The third-order valence-electron chi connectivity index (χ3n) is 9.68. The summed E-state index contributed by atoms with van der Waals surface area (Å²) in [7, 11) is 1.93. The lowest BCUT2D eigenvalue weighted by Gasteiger charge is -2.44. The minimum atomic E-state index is -0.670. The van der Waals surface area contributed by atoms with Gasteiger partial charge in [0.2, 0.25) is 11.8 Å². The maximum Gasteiger partial charge on any atom is 0.314 e. The number of nitrogens with one attached hydrogen (secondary N) is 1. The number of amides is 4. The van der Waals surface area contributed by atoms with Crippen LogP contribution in [0.25, 0.3) is 0 Å². The van der Waals surface area contributed by atoms with Crippen LogP contribution in [0.5, 0.6) is 0 Å². The fourth-order valence-corrected chi connectivity index (χ4v) is 7.70. The van der Waals surface area contributed by atoms with Crippen LogP contribution in [-0.4, -0.2) is 92.4 Å². The Balaban J connectivity index is 1.25. The van der Waals surface area contributed by atoms with Crippen LogP contribution in [0, 0.1) is 5.92 Å². The lowest BCUT2D eigenvalue weighted by molar-refractivity contribution is -0.145. The molecule has 0 bridgehead atoms. The smallest absolute Gasteiger partial charge is 0.314 e. The fraction of sp³-hybridized carbons (Fsp3) is 0.485.